The van der Waals surface area contributed by atoms with Crippen LogP contribution in [0.3, 0.4) is 0 Å². The lowest BCUT2D eigenvalue weighted by Gasteiger charge is -2.10. The summed E-state index contributed by atoms with van der Waals surface area (Å²) in [5, 5.41) is 1.48. The smallest absolute Gasteiger partial charge is 0.343 e. The quantitative estimate of drug-likeness (QED) is 0.0165. The summed E-state index contributed by atoms with van der Waals surface area (Å²) in [5.41, 5.74) is 4.18. The number of aliphatic imine (C=N–C) groups is 2. The molecule has 6 aromatic carbocycles. The predicted octanol–water partition coefficient (Wildman–Crippen LogP) is 20.5. The molecule has 8 nitrogen and oxygen atoms in total. The van der Waals surface area contributed by atoms with Gasteiger partial charge in [0.05, 0.1) is 35.7 Å². The summed E-state index contributed by atoms with van der Waals surface area (Å²) in [5.74, 6) is 1.54. The normalized spacial score (nSPS) is 11.5. The Kier molecular flexibility index (Phi) is 29.0. The Balaban J connectivity index is 0.840. The van der Waals surface area contributed by atoms with E-state index in [2.05, 4.69) is 23.8 Å². The summed E-state index contributed by atoms with van der Waals surface area (Å²) in [7, 11) is 0. The van der Waals surface area contributed by atoms with Gasteiger partial charge >= 0.3 is 11.9 Å². The van der Waals surface area contributed by atoms with Crippen molar-refractivity contribution in [3.63, 3.8) is 0 Å². The number of hydrogen-bond donors (Lipinski definition) is 0. The van der Waals surface area contributed by atoms with Crippen LogP contribution in [0, 0.1) is 0 Å². The summed E-state index contributed by atoms with van der Waals surface area (Å²) in [6, 6.07) is 40.6. The average Bonchev–Trinajstić information content (AvgIpc) is 3.50. The van der Waals surface area contributed by atoms with E-state index >= 15 is 0 Å². The van der Waals surface area contributed by atoms with E-state index in [1.165, 1.54) is 167 Å². The number of hydrogen-bond acceptors (Lipinski definition) is 8. The molecule has 0 spiro atoms. The Morgan fingerprint density at radius 1 is 0.372 bits per heavy atom. The van der Waals surface area contributed by atoms with Gasteiger partial charge in [-0.2, -0.15) is 0 Å². The topological polar surface area (TPSA) is 95.8 Å². The summed E-state index contributed by atoms with van der Waals surface area (Å²) in [6.07, 6.45) is 41.2. The largest absolute Gasteiger partial charge is 0.494 e. The van der Waals surface area contributed by atoms with Crippen molar-refractivity contribution in [1.29, 1.82) is 0 Å². The molecule has 416 valence electrons. The minimum atomic E-state index is -0.480. The van der Waals surface area contributed by atoms with Crippen LogP contribution in [0.2, 0.25) is 0 Å². The maximum absolute atomic E-state index is 13.3. The zero-order chi connectivity index (χ0) is 54.5. The Bertz CT molecular complexity index is 2640. The minimum absolute atomic E-state index is 0.380. The van der Waals surface area contributed by atoms with Gasteiger partial charge in [-0.3, -0.25) is 9.98 Å². The van der Waals surface area contributed by atoms with E-state index in [1.807, 2.05) is 78.9 Å². The first-order valence-electron chi connectivity index (χ1n) is 30.2. The first kappa shape index (κ1) is 60.7. The average molecular weight is 1060 g/mol. The van der Waals surface area contributed by atoms with E-state index in [1.54, 1.807) is 67.0 Å². The van der Waals surface area contributed by atoms with Crippen LogP contribution in [0.5, 0.6) is 23.0 Å². The van der Waals surface area contributed by atoms with Crippen LogP contribution in [0.15, 0.2) is 143 Å². The van der Waals surface area contributed by atoms with Crippen molar-refractivity contribution in [3.8, 4) is 23.0 Å². The van der Waals surface area contributed by atoms with Gasteiger partial charge in [0.15, 0.2) is 0 Å². The SMILES string of the molecule is CCCCCCCCCCCCCCCCOc1ccc(N=Cc2ccc(C(=O)Oc3ccc4c(OC(=O)c5ccc(C=Nc6ccc(OCCCCCCCCCCCCCCCC)cc6)cc5)cccc4c3)cc2)cc1. The second kappa shape index (κ2) is 37.3. The second-order valence-electron chi connectivity index (χ2n) is 21.1. The van der Waals surface area contributed by atoms with Gasteiger partial charge in [-0.25, -0.2) is 9.59 Å². The van der Waals surface area contributed by atoms with Crippen molar-refractivity contribution in [2.75, 3.05) is 13.2 Å². The monoisotopic (exact) mass is 1050 g/mol. The Hall–Kier alpha value is -6.54. The van der Waals surface area contributed by atoms with Gasteiger partial charge in [0.25, 0.3) is 0 Å². The highest BCUT2D eigenvalue weighted by Crippen LogP contribution is 2.30. The third-order valence-electron chi connectivity index (χ3n) is 14.4. The van der Waals surface area contributed by atoms with Gasteiger partial charge in [-0.1, -0.05) is 217 Å². The molecule has 6 rings (SSSR count). The van der Waals surface area contributed by atoms with Gasteiger partial charge in [-0.15, -0.1) is 0 Å². The molecule has 0 saturated carbocycles. The maximum atomic E-state index is 13.3. The van der Waals surface area contributed by atoms with E-state index in [-0.39, 0.29) is 0 Å². The van der Waals surface area contributed by atoms with Crippen LogP contribution in [0.25, 0.3) is 10.8 Å². The molecular formula is C70H90N2O6. The van der Waals surface area contributed by atoms with Gasteiger partial charge in [0.1, 0.15) is 23.0 Å². The molecule has 0 amide bonds. The first-order chi connectivity index (χ1) is 38.5. The first-order valence-corrected chi connectivity index (χ1v) is 30.2. The number of benzene rings is 6. The van der Waals surface area contributed by atoms with Gasteiger partial charge in [0.2, 0.25) is 0 Å². The fourth-order valence-corrected chi connectivity index (χ4v) is 9.65. The standard InChI is InChI=1S/C70H90N2O6/c1-3-5-7-9-11-13-15-17-19-21-23-25-27-29-52-75-64-46-42-62(43-47-64)71-55-57-34-38-59(39-35-57)69(73)77-66-50-51-67-61(54-66)32-31-33-68(67)78-70(74)60-40-36-58(37-41-60)56-72-63-44-48-65(49-45-63)76-53-30-28-26-24-22-20-18-16-14-12-10-8-6-4-2/h31-51,54-56H,3-30,52-53H2,1-2H3. The third-order valence-corrected chi connectivity index (χ3v) is 14.4. The number of rotatable bonds is 40. The Labute approximate surface area is 468 Å². The van der Waals surface area contributed by atoms with Gasteiger partial charge < -0.3 is 18.9 Å². The molecule has 0 unspecified atom stereocenters. The highest BCUT2D eigenvalue weighted by molar-refractivity contribution is 5.97. The number of ether oxygens (including phenoxy) is 4. The lowest BCUT2D eigenvalue weighted by molar-refractivity contribution is 0.0727. The predicted molar refractivity (Wildman–Crippen MR) is 326 cm³/mol. The number of unbranched alkanes of at least 4 members (excludes halogenated alkanes) is 26. The van der Waals surface area contributed by atoms with Crippen molar-refractivity contribution >= 4 is 46.5 Å². The van der Waals surface area contributed by atoms with Crippen molar-refractivity contribution in [3.05, 3.63) is 156 Å². The molecule has 8 heteroatoms. The van der Waals surface area contributed by atoms with Crippen LogP contribution in [0.4, 0.5) is 11.4 Å². The molecule has 0 fully saturated rings. The molecule has 0 aliphatic heterocycles. The maximum Gasteiger partial charge on any atom is 0.343 e. The minimum Gasteiger partial charge on any atom is -0.494 e. The van der Waals surface area contributed by atoms with Crippen molar-refractivity contribution in [2.24, 2.45) is 9.98 Å². The second-order valence-corrected chi connectivity index (χ2v) is 21.1. The fraction of sp³-hybridized carbons (Fsp3) is 0.457. The lowest BCUT2D eigenvalue weighted by Crippen LogP contribution is -2.09. The highest BCUT2D eigenvalue weighted by Gasteiger charge is 2.14. The molecule has 0 aliphatic rings. The van der Waals surface area contributed by atoms with E-state index in [9.17, 15) is 9.59 Å². The molecule has 0 saturated heterocycles. The van der Waals surface area contributed by atoms with Gasteiger partial charge in [0, 0.05) is 17.8 Å². The molecule has 0 bridgehead atoms. The zero-order valence-electron chi connectivity index (χ0n) is 47.4. The number of carbonyl (C=O) groups is 2. The number of nitrogens with zero attached hydrogens (tertiary/aromatic N) is 2. The van der Waals surface area contributed by atoms with E-state index in [4.69, 9.17) is 18.9 Å². The van der Waals surface area contributed by atoms with Crippen LogP contribution in [-0.4, -0.2) is 37.6 Å². The fourth-order valence-electron chi connectivity index (χ4n) is 9.65. The molecule has 78 heavy (non-hydrogen) atoms. The molecular weight excluding hydrogens is 965 g/mol. The molecule has 6 aromatic rings. The lowest BCUT2D eigenvalue weighted by atomic mass is 10.0. The Morgan fingerprint density at radius 3 is 1.13 bits per heavy atom. The molecule has 0 atom stereocenters. The number of esters is 2. The van der Waals surface area contributed by atoms with Crippen molar-refractivity contribution < 1.29 is 28.5 Å². The van der Waals surface area contributed by atoms with Crippen LogP contribution in [0.1, 0.15) is 225 Å². The van der Waals surface area contributed by atoms with Gasteiger partial charge in [-0.05, 0) is 126 Å². The number of carbonyl (C=O) groups excluding carboxylic acids is 2. The van der Waals surface area contributed by atoms with Crippen LogP contribution < -0.4 is 18.9 Å². The zero-order valence-corrected chi connectivity index (χ0v) is 47.4. The van der Waals surface area contributed by atoms with Crippen LogP contribution >= 0.6 is 0 Å². The van der Waals surface area contributed by atoms with E-state index in [0.717, 1.165) is 65.4 Å². The third kappa shape index (κ3) is 24.0. The molecule has 0 radical (unpaired) electrons. The molecule has 0 heterocycles. The molecule has 0 N–H and O–H groups in total. The number of fused-ring (bicyclic) bond motifs is 1. The van der Waals surface area contributed by atoms with E-state index in [0.29, 0.717) is 28.0 Å². The highest BCUT2D eigenvalue weighted by atomic mass is 16.5. The van der Waals surface area contributed by atoms with E-state index < -0.39 is 11.9 Å². The molecule has 0 aromatic heterocycles. The van der Waals surface area contributed by atoms with Crippen molar-refractivity contribution in [2.45, 2.75) is 194 Å². The summed E-state index contributed by atoms with van der Waals surface area (Å²) in [6.45, 7) is 6.02. The Morgan fingerprint density at radius 2 is 0.731 bits per heavy atom. The van der Waals surface area contributed by atoms with Crippen LogP contribution in [-0.2, 0) is 0 Å². The molecule has 0 aliphatic carbocycles. The van der Waals surface area contributed by atoms with Crippen molar-refractivity contribution in [1.82, 2.24) is 0 Å². The summed E-state index contributed by atoms with van der Waals surface area (Å²) in [4.78, 5) is 35.7. The summed E-state index contributed by atoms with van der Waals surface area (Å²) >= 11 is 0. The summed E-state index contributed by atoms with van der Waals surface area (Å²) < 4.78 is 23.6.